The zero-order chi connectivity index (χ0) is 30.7. The quantitative estimate of drug-likeness (QED) is 0.179. The van der Waals surface area contributed by atoms with Gasteiger partial charge in [0.1, 0.15) is 0 Å². The minimum absolute atomic E-state index is 0.472. The van der Waals surface area contributed by atoms with Crippen molar-refractivity contribution in [1.82, 2.24) is 4.57 Å². The lowest BCUT2D eigenvalue weighted by molar-refractivity contribution is 0.868. The molecule has 0 radical (unpaired) electrons. The molecular weight excluding hydrogens is 542 g/mol. The van der Waals surface area contributed by atoms with Crippen molar-refractivity contribution in [3.63, 3.8) is 0 Å². The number of fused-ring (bicyclic) bond motifs is 5. The summed E-state index contributed by atoms with van der Waals surface area (Å²) in [5.41, 5.74) is 11.5. The van der Waals surface area contributed by atoms with Crippen molar-refractivity contribution in [2.24, 2.45) is 0 Å². The van der Waals surface area contributed by atoms with Crippen molar-refractivity contribution < 1.29 is 0 Å². The van der Waals surface area contributed by atoms with Gasteiger partial charge in [0, 0.05) is 16.5 Å². The third-order valence-corrected chi connectivity index (χ3v) is 9.54. The Morgan fingerprint density at radius 3 is 1.31 bits per heavy atom. The Morgan fingerprint density at radius 2 is 0.822 bits per heavy atom. The van der Waals surface area contributed by atoms with Crippen LogP contribution in [0.1, 0.15) is 50.7 Å². The van der Waals surface area contributed by atoms with E-state index < -0.39 is 0 Å². The molecule has 0 amide bonds. The molecule has 0 saturated carbocycles. The van der Waals surface area contributed by atoms with Gasteiger partial charge < -0.3 is 4.57 Å². The highest BCUT2D eigenvalue weighted by atomic mass is 15.0. The maximum absolute atomic E-state index is 2.48. The Kier molecular flexibility index (Phi) is 6.57. The molecule has 0 unspecified atom stereocenters. The molecule has 0 aliphatic heterocycles. The summed E-state index contributed by atoms with van der Waals surface area (Å²) in [5.74, 6) is 0.944. The summed E-state index contributed by atoms with van der Waals surface area (Å²) < 4.78 is 2.48. The van der Waals surface area contributed by atoms with Gasteiger partial charge in [-0.1, -0.05) is 131 Å². The van der Waals surface area contributed by atoms with Crippen LogP contribution in [0.25, 0.3) is 71.3 Å². The maximum Gasteiger partial charge on any atom is 0.0541 e. The molecule has 1 nitrogen and oxygen atoms in total. The molecule has 0 saturated heterocycles. The Balaban J connectivity index is 1.51. The first kappa shape index (κ1) is 27.4. The van der Waals surface area contributed by atoms with Crippen LogP contribution in [-0.4, -0.2) is 4.57 Å². The minimum atomic E-state index is 0.472. The van der Waals surface area contributed by atoms with Crippen LogP contribution >= 0.6 is 0 Å². The topological polar surface area (TPSA) is 4.93 Å². The molecule has 8 rings (SSSR count). The lowest BCUT2D eigenvalue weighted by atomic mass is 9.86. The highest BCUT2D eigenvalue weighted by Gasteiger charge is 2.19. The molecule has 0 aliphatic carbocycles. The fraction of sp³-hybridized carbons (Fsp3) is 0.136. The molecular formula is C44H37N. The van der Waals surface area contributed by atoms with E-state index in [-0.39, 0.29) is 0 Å². The number of hydrogen-bond acceptors (Lipinski definition) is 0. The van der Waals surface area contributed by atoms with Gasteiger partial charge >= 0.3 is 0 Å². The average molecular weight is 580 g/mol. The summed E-state index contributed by atoms with van der Waals surface area (Å²) in [5, 5.41) is 7.74. The van der Waals surface area contributed by atoms with Gasteiger partial charge in [-0.2, -0.15) is 0 Å². The number of nitrogens with zero attached hydrogens (tertiary/aromatic N) is 1. The zero-order valence-corrected chi connectivity index (χ0v) is 26.4. The van der Waals surface area contributed by atoms with Crippen LogP contribution in [0.4, 0.5) is 0 Å². The van der Waals surface area contributed by atoms with E-state index in [1.807, 2.05) is 0 Å². The Bertz CT molecular complexity index is 2290. The number of benzene rings is 7. The second-order valence-electron chi connectivity index (χ2n) is 13.0. The smallest absolute Gasteiger partial charge is 0.0541 e. The van der Waals surface area contributed by atoms with Crippen LogP contribution < -0.4 is 0 Å². The molecule has 0 N–H and O–H groups in total. The molecule has 0 atom stereocenters. The van der Waals surface area contributed by atoms with Crippen molar-refractivity contribution in [2.75, 3.05) is 0 Å². The predicted molar refractivity (Wildman–Crippen MR) is 195 cm³/mol. The summed E-state index contributed by atoms with van der Waals surface area (Å²) >= 11 is 0. The van der Waals surface area contributed by atoms with Gasteiger partial charge in [-0.25, -0.2) is 0 Å². The van der Waals surface area contributed by atoms with Crippen molar-refractivity contribution >= 4 is 43.4 Å². The molecule has 8 aromatic rings. The van der Waals surface area contributed by atoms with Crippen LogP contribution in [0.3, 0.4) is 0 Å². The first-order valence-electron chi connectivity index (χ1n) is 16.2. The summed E-state index contributed by atoms with van der Waals surface area (Å²) in [6, 6.07) is 51.9. The molecule has 1 aromatic heterocycles. The normalized spacial score (nSPS) is 12.0. The number of aromatic nitrogens is 1. The third-order valence-electron chi connectivity index (χ3n) is 9.54. The molecule has 218 valence electrons. The number of hydrogen-bond donors (Lipinski definition) is 0. The molecule has 0 spiro atoms. The molecule has 0 fully saturated rings. The van der Waals surface area contributed by atoms with E-state index >= 15 is 0 Å². The standard InChI is InChI=1S/C44H37N/c1-28(2)32-19-23-41-38(25-32)39-26-33(29(3)4)20-24-42(39)45(41)34-21-22-37-40(27-34)44(31-15-9-6-10-16-31)36-18-12-11-17-35(36)43(37)30-13-7-5-8-14-30/h5-29H,1-4H3. The van der Waals surface area contributed by atoms with Gasteiger partial charge in [0.2, 0.25) is 0 Å². The summed E-state index contributed by atoms with van der Waals surface area (Å²) in [6.07, 6.45) is 0. The molecule has 45 heavy (non-hydrogen) atoms. The Morgan fingerprint density at radius 1 is 0.378 bits per heavy atom. The van der Waals surface area contributed by atoms with Gasteiger partial charge in [-0.3, -0.25) is 0 Å². The highest BCUT2D eigenvalue weighted by molar-refractivity contribution is 6.22. The van der Waals surface area contributed by atoms with E-state index in [4.69, 9.17) is 0 Å². The Hall–Kier alpha value is -5.14. The molecule has 1 heterocycles. The van der Waals surface area contributed by atoms with Crippen molar-refractivity contribution in [2.45, 2.75) is 39.5 Å². The van der Waals surface area contributed by atoms with E-state index in [2.05, 4.69) is 172 Å². The lowest BCUT2D eigenvalue weighted by Crippen LogP contribution is -1.97. The fourth-order valence-corrected chi connectivity index (χ4v) is 7.19. The second kappa shape index (κ2) is 10.8. The van der Waals surface area contributed by atoms with Crippen LogP contribution in [0.2, 0.25) is 0 Å². The monoisotopic (exact) mass is 579 g/mol. The van der Waals surface area contributed by atoms with Crippen molar-refractivity contribution in [3.05, 3.63) is 151 Å². The highest BCUT2D eigenvalue weighted by Crippen LogP contribution is 2.45. The van der Waals surface area contributed by atoms with E-state index in [0.717, 1.165) is 0 Å². The summed E-state index contributed by atoms with van der Waals surface area (Å²) in [4.78, 5) is 0. The first-order valence-corrected chi connectivity index (χ1v) is 16.2. The summed E-state index contributed by atoms with van der Waals surface area (Å²) in [6.45, 7) is 9.12. The fourth-order valence-electron chi connectivity index (χ4n) is 7.19. The Labute approximate surface area is 265 Å². The van der Waals surface area contributed by atoms with Crippen LogP contribution in [0, 0.1) is 0 Å². The van der Waals surface area contributed by atoms with Gasteiger partial charge in [0.05, 0.1) is 11.0 Å². The largest absolute Gasteiger partial charge is 0.309 e. The second-order valence-corrected chi connectivity index (χ2v) is 13.0. The minimum Gasteiger partial charge on any atom is -0.309 e. The van der Waals surface area contributed by atoms with E-state index in [1.54, 1.807) is 0 Å². The van der Waals surface area contributed by atoms with Crippen molar-refractivity contribution in [1.29, 1.82) is 0 Å². The van der Waals surface area contributed by atoms with E-state index in [0.29, 0.717) is 11.8 Å². The average Bonchev–Trinajstić information content (AvgIpc) is 3.40. The van der Waals surface area contributed by atoms with Crippen LogP contribution in [-0.2, 0) is 0 Å². The van der Waals surface area contributed by atoms with Gasteiger partial charge in [-0.05, 0) is 103 Å². The SMILES string of the molecule is CC(C)c1ccc2c(c1)c1cc(C(C)C)ccc1n2-c1ccc2c(-c3ccccc3)c3ccccc3c(-c3ccccc3)c2c1. The van der Waals surface area contributed by atoms with Gasteiger partial charge in [0.15, 0.2) is 0 Å². The lowest BCUT2D eigenvalue weighted by Gasteiger charge is -2.19. The summed E-state index contributed by atoms with van der Waals surface area (Å²) in [7, 11) is 0. The zero-order valence-electron chi connectivity index (χ0n) is 26.4. The predicted octanol–water partition coefficient (Wildman–Crippen LogP) is 12.7. The molecule has 7 aromatic carbocycles. The molecule has 1 heteroatoms. The van der Waals surface area contributed by atoms with Gasteiger partial charge in [-0.15, -0.1) is 0 Å². The van der Waals surface area contributed by atoms with E-state index in [9.17, 15) is 0 Å². The first-order chi connectivity index (χ1) is 22.0. The van der Waals surface area contributed by atoms with E-state index in [1.165, 1.54) is 82.4 Å². The maximum atomic E-state index is 2.48. The van der Waals surface area contributed by atoms with Crippen LogP contribution in [0.15, 0.2) is 140 Å². The molecule has 0 bridgehead atoms. The van der Waals surface area contributed by atoms with Crippen LogP contribution in [0.5, 0.6) is 0 Å². The number of rotatable bonds is 5. The van der Waals surface area contributed by atoms with Gasteiger partial charge in [0.25, 0.3) is 0 Å². The molecule has 0 aliphatic rings. The third kappa shape index (κ3) is 4.46. The van der Waals surface area contributed by atoms with Crippen molar-refractivity contribution in [3.8, 4) is 27.9 Å².